The molecule has 2 aliphatic rings. The summed E-state index contributed by atoms with van der Waals surface area (Å²) in [6.07, 6.45) is 3.16. The Morgan fingerprint density at radius 2 is 2.04 bits per heavy atom. The quantitative estimate of drug-likeness (QED) is 0.780. The van der Waals surface area contributed by atoms with Crippen LogP contribution in [-0.4, -0.2) is 64.4 Å². The Morgan fingerprint density at radius 1 is 1.25 bits per heavy atom. The molecule has 0 amide bonds. The Bertz CT molecular complexity index is 822. The van der Waals surface area contributed by atoms with Crippen LogP contribution in [0.2, 0.25) is 0 Å². The van der Waals surface area contributed by atoms with Gasteiger partial charge in [0.1, 0.15) is 11.5 Å². The summed E-state index contributed by atoms with van der Waals surface area (Å²) in [7, 11) is 5.62. The van der Waals surface area contributed by atoms with E-state index in [2.05, 4.69) is 24.9 Å². The second-order valence-corrected chi connectivity index (χ2v) is 7.94. The molecule has 0 N–H and O–H groups in total. The maximum Gasteiger partial charge on any atom is 0.282 e. The first-order valence-electron chi connectivity index (χ1n) is 9.72. The monoisotopic (exact) mass is 391 g/mol. The molecule has 7 nitrogen and oxygen atoms in total. The van der Waals surface area contributed by atoms with Gasteiger partial charge in [-0.25, -0.2) is 13.8 Å². The minimum atomic E-state index is -2.54. The summed E-state index contributed by atoms with van der Waals surface area (Å²) in [4.78, 5) is 15.7. The molecule has 9 heteroatoms. The van der Waals surface area contributed by atoms with Gasteiger partial charge in [-0.15, -0.1) is 0 Å². The number of fused-ring (bicyclic) bond motifs is 1. The number of hydrogen-bond acceptors (Lipinski definition) is 6. The predicted molar refractivity (Wildman–Crippen MR) is 104 cm³/mol. The number of alkyl halides is 2. The van der Waals surface area contributed by atoms with Crippen molar-refractivity contribution < 1.29 is 8.78 Å². The van der Waals surface area contributed by atoms with Gasteiger partial charge in [-0.2, -0.15) is 10.1 Å². The van der Waals surface area contributed by atoms with E-state index in [9.17, 15) is 8.78 Å². The fraction of sp³-hybridized carbons (Fsp3) is 0.632. The molecular formula is C19H27F2N7. The number of piperidine rings is 1. The molecule has 152 valence electrons. The van der Waals surface area contributed by atoms with Crippen LogP contribution < -0.4 is 9.80 Å². The van der Waals surface area contributed by atoms with E-state index >= 15 is 0 Å². The lowest BCUT2D eigenvalue weighted by Gasteiger charge is -2.38. The van der Waals surface area contributed by atoms with Crippen LogP contribution in [0.4, 0.5) is 20.5 Å². The summed E-state index contributed by atoms with van der Waals surface area (Å²) in [5.74, 6) is 2.22. The molecule has 0 aromatic carbocycles. The van der Waals surface area contributed by atoms with Crippen molar-refractivity contribution in [2.75, 3.05) is 43.5 Å². The van der Waals surface area contributed by atoms with E-state index in [1.165, 1.54) is 4.68 Å². The average Bonchev–Trinajstić information content (AvgIpc) is 3.25. The van der Waals surface area contributed by atoms with Crippen LogP contribution in [0.3, 0.4) is 0 Å². The highest BCUT2D eigenvalue weighted by Crippen LogP contribution is 2.35. The van der Waals surface area contributed by atoms with E-state index in [0.29, 0.717) is 24.1 Å². The van der Waals surface area contributed by atoms with Crippen molar-refractivity contribution in [3.63, 3.8) is 0 Å². The molecule has 2 aromatic rings. The van der Waals surface area contributed by atoms with Gasteiger partial charge in [-0.3, -0.25) is 9.58 Å². The fourth-order valence-corrected chi connectivity index (χ4v) is 4.43. The summed E-state index contributed by atoms with van der Waals surface area (Å²) in [5.41, 5.74) is 0.529. The molecule has 0 bridgehead atoms. The average molecular weight is 391 g/mol. The molecular weight excluding hydrogens is 364 g/mol. The third-order valence-corrected chi connectivity index (χ3v) is 5.86. The third kappa shape index (κ3) is 3.67. The topological polar surface area (TPSA) is 53.3 Å². The minimum absolute atomic E-state index is 0.0966. The number of anilines is 2. The SMILES string of the molecule is CN(C)c1ccnc(N2CCC3CCN(Cc4cn(C)nc4C(F)F)C3C2)n1. The highest BCUT2D eigenvalue weighted by molar-refractivity contribution is 5.43. The zero-order chi connectivity index (χ0) is 19.8. The van der Waals surface area contributed by atoms with Crippen LogP contribution >= 0.6 is 0 Å². The Morgan fingerprint density at radius 3 is 2.79 bits per heavy atom. The molecule has 0 radical (unpaired) electrons. The van der Waals surface area contributed by atoms with Crippen LogP contribution in [-0.2, 0) is 13.6 Å². The molecule has 0 saturated carbocycles. The molecule has 2 aliphatic heterocycles. The highest BCUT2D eigenvalue weighted by atomic mass is 19.3. The van der Waals surface area contributed by atoms with Gasteiger partial charge in [-0.05, 0) is 31.4 Å². The highest BCUT2D eigenvalue weighted by Gasteiger charge is 2.39. The minimum Gasteiger partial charge on any atom is -0.363 e. The molecule has 2 aromatic heterocycles. The van der Waals surface area contributed by atoms with Crippen LogP contribution in [0.15, 0.2) is 18.5 Å². The summed E-state index contributed by atoms with van der Waals surface area (Å²) < 4.78 is 28.1. The Kier molecular flexibility index (Phi) is 5.18. The van der Waals surface area contributed by atoms with Gasteiger partial charge in [0, 0.05) is 64.8 Å². The summed E-state index contributed by atoms with van der Waals surface area (Å²) in [6, 6.07) is 2.22. The van der Waals surface area contributed by atoms with E-state index in [-0.39, 0.29) is 5.69 Å². The van der Waals surface area contributed by atoms with E-state index in [1.54, 1.807) is 19.4 Å². The van der Waals surface area contributed by atoms with Gasteiger partial charge < -0.3 is 9.80 Å². The van der Waals surface area contributed by atoms with Crippen molar-refractivity contribution in [3.8, 4) is 0 Å². The predicted octanol–water partition coefficient (Wildman–Crippen LogP) is 2.31. The molecule has 28 heavy (non-hydrogen) atoms. The first kappa shape index (κ1) is 19.0. The standard InChI is InChI=1S/C19H27F2N7/c1-25(2)16-4-7-22-19(23-16)28-9-6-13-5-8-27(15(13)12-28)11-14-10-26(3)24-17(14)18(20)21/h4,7,10,13,15,18H,5-6,8-9,11-12H2,1-3H3. The van der Waals surface area contributed by atoms with E-state index in [0.717, 1.165) is 44.2 Å². The van der Waals surface area contributed by atoms with Gasteiger partial charge in [-0.1, -0.05) is 0 Å². The molecule has 2 atom stereocenters. The lowest BCUT2D eigenvalue weighted by atomic mass is 9.92. The van der Waals surface area contributed by atoms with Crippen molar-refractivity contribution in [2.45, 2.75) is 31.9 Å². The first-order valence-corrected chi connectivity index (χ1v) is 9.72. The number of rotatable bonds is 5. The van der Waals surface area contributed by atoms with Crippen LogP contribution in [0.25, 0.3) is 0 Å². The molecule has 2 unspecified atom stereocenters. The number of halogens is 2. The summed E-state index contributed by atoms with van der Waals surface area (Å²) >= 11 is 0. The van der Waals surface area contributed by atoms with Gasteiger partial charge >= 0.3 is 0 Å². The van der Waals surface area contributed by atoms with Crippen LogP contribution in [0.1, 0.15) is 30.5 Å². The van der Waals surface area contributed by atoms with Gasteiger partial charge in [0.2, 0.25) is 5.95 Å². The van der Waals surface area contributed by atoms with Crippen molar-refractivity contribution in [3.05, 3.63) is 29.7 Å². The largest absolute Gasteiger partial charge is 0.363 e. The maximum atomic E-state index is 13.3. The second kappa shape index (κ2) is 7.62. The van der Waals surface area contributed by atoms with Crippen molar-refractivity contribution in [1.82, 2.24) is 24.6 Å². The molecule has 2 saturated heterocycles. The second-order valence-electron chi connectivity index (χ2n) is 7.94. The lowest BCUT2D eigenvalue weighted by Crippen LogP contribution is -2.48. The number of hydrogen-bond donors (Lipinski definition) is 0. The van der Waals surface area contributed by atoms with Crippen molar-refractivity contribution in [1.29, 1.82) is 0 Å². The van der Waals surface area contributed by atoms with Gasteiger partial charge in [0.05, 0.1) is 0 Å². The number of likely N-dealkylation sites (tertiary alicyclic amines) is 1. The van der Waals surface area contributed by atoms with E-state index in [4.69, 9.17) is 0 Å². The maximum absolute atomic E-state index is 13.3. The molecule has 4 heterocycles. The van der Waals surface area contributed by atoms with E-state index in [1.807, 2.05) is 25.1 Å². The van der Waals surface area contributed by atoms with Crippen LogP contribution in [0, 0.1) is 5.92 Å². The Hall–Kier alpha value is -2.29. The van der Waals surface area contributed by atoms with Crippen molar-refractivity contribution >= 4 is 11.8 Å². The number of aryl methyl sites for hydroxylation is 1. The van der Waals surface area contributed by atoms with Gasteiger partial charge in [0.15, 0.2) is 0 Å². The Balaban J connectivity index is 1.50. The van der Waals surface area contributed by atoms with E-state index < -0.39 is 6.43 Å². The molecule has 0 aliphatic carbocycles. The third-order valence-electron chi connectivity index (χ3n) is 5.86. The first-order chi connectivity index (χ1) is 13.4. The number of aromatic nitrogens is 4. The lowest BCUT2D eigenvalue weighted by molar-refractivity contribution is 0.140. The smallest absolute Gasteiger partial charge is 0.282 e. The summed E-state index contributed by atoms with van der Waals surface area (Å²) in [5, 5.41) is 3.95. The number of nitrogens with zero attached hydrogens (tertiary/aromatic N) is 7. The normalized spacial score (nSPS) is 22.7. The zero-order valence-corrected chi connectivity index (χ0v) is 16.6. The zero-order valence-electron chi connectivity index (χ0n) is 16.6. The van der Waals surface area contributed by atoms with Crippen molar-refractivity contribution in [2.24, 2.45) is 13.0 Å². The van der Waals surface area contributed by atoms with Gasteiger partial charge in [0.25, 0.3) is 6.43 Å². The molecule has 4 rings (SSSR count). The Labute approximate surface area is 164 Å². The summed E-state index contributed by atoms with van der Waals surface area (Å²) in [6.45, 7) is 3.20. The molecule has 2 fully saturated rings. The fourth-order valence-electron chi connectivity index (χ4n) is 4.43. The van der Waals surface area contributed by atoms with Crippen LogP contribution in [0.5, 0.6) is 0 Å². The molecule has 0 spiro atoms.